The van der Waals surface area contributed by atoms with Crippen LogP contribution in [0.15, 0.2) is 59.5 Å². The number of rotatable bonds is 8. The quantitative estimate of drug-likeness (QED) is 0.393. The third kappa shape index (κ3) is 9.09. The van der Waals surface area contributed by atoms with Gasteiger partial charge in [0, 0.05) is 29.9 Å². The van der Waals surface area contributed by atoms with Crippen molar-refractivity contribution in [1.82, 2.24) is 10.0 Å². The van der Waals surface area contributed by atoms with Crippen molar-refractivity contribution in [2.75, 3.05) is 18.4 Å². The highest BCUT2D eigenvalue weighted by atomic mass is 35.5. The summed E-state index contributed by atoms with van der Waals surface area (Å²) in [7, 11) is -3.84. The number of alkyl carbamates (subject to hydrolysis) is 1. The summed E-state index contributed by atoms with van der Waals surface area (Å²) >= 11 is 5.91. The van der Waals surface area contributed by atoms with E-state index in [0.29, 0.717) is 10.7 Å². The zero-order chi connectivity index (χ0) is 23.8. The number of benzene rings is 2. The molecule has 0 radical (unpaired) electrons. The lowest BCUT2D eigenvalue weighted by molar-refractivity contribution is -0.111. The van der Waals surface area contributed by atoms with E-state index in [-0.39, 0.29) is 18.0 Å². The highest BCUT2D eigenvalue weighted by Gasteiger charge is 2.17. The number of halogens is 1. The number of ether oxygens (including phenoxy) is 1. The highest BCUT2D eigenvalue weighted by molar-refractivity contribution is 7.89. The topological polar surface area (TPSA) is 114 Å². The summed E-state index contributed by atoms with van der Waals surface area (Å²) in [6, 6.07) is 12.8. The Labute approximate surface area is 193 Å². The molecule has 0 unspecified atom stereocenters. The second-order valence-corrected chi connectivity index (χ2v) is 9.94. The molecule has 0 saturated heterocycles. The first-order valence-corrected chi connectivity index (χ1v) is 11.6. The van der Waals surface area contributed by atoms with Crippen molar-refractivity contribution in [3.8, 4) is 0 Å². The molecule has 0 bridgehead atoms. The number of anilines is 1. The van der Waals surface area contributed by atoms with E-state index in [1.807, 2.05) is 0 Å². The van der Waals surface area contributed by atoms with Crippen molar-refractivity contribution < 1.29 is 22.7 Å². The highest BCUT2D eigenvalue weighted by Crippen LogP contribution is 2.16. The van der Waals surface area contributed by atoms with Crippen molar-refractivity contribution >= 4 is 45.4 Å². The van der Waals surface area contributed by atoms with Crippen LogP contribution in [0.3, 0.4) is 0 Å². The molecule has 10 heteroatoms. The van der Waals surface area contributed by atoms with Crippen LogP contribution in [-0.2, 0) is 19.6 Å². The number of amides is 2. The van der Waals surface area contributed by atoms with Crippen LogP contribution in [0.1, 0.15) is 26.3 Å². The monoisotopic (exact) mass is 479 g/mol. The molecule has 0 heterocycles. The van der Waals surface area contributed by atoms with Gasteiger partial charge in [-0.25, -0.2) is 17.9 Å². The molecule has 0 aliphatic carbocycles. The van der Waals surface area contributed by atoms with E-state index < -0.39 is 27.6 Å². The predicted molar refractivity (Wildman–Crippen MR) is 125 cm³/mol. The summed E-state index contributed by atoms with van der Waals surface area (Å²) < 4.78 is 32.5. The Hall–Kier alpha value is -2.88. The minimum absolute atomic E-state index is 0.0219. The zero-order valence-corrected chi connectivity index (χ0v) is 19.6. The SMILES string of the molecule is CC(C)(C)OC(=O)NCCNS(=O)(=O)c1cccc(NC(=O)C=Cc2cccc(Cl)c2)c1. The Kier molecular flexibility index (Phi) is 8.82. The molecule has 3 N–H and O–H groups in total. The van der Waals surface area contributed by atoms with Gasteiger partial charge in [-0.1, -0.05) is 29.8 Å². The van der Waals surface area contributed by atoms with Crippen LogP contribution in [0.2, 0.25) is 5.02 Å². The standard InChI is InChI=1S/C22H26ClN3O5S/c1-22(2,3)31-21(28)24-12-13-25-32(29,30)19-9-5-8-18(15-19)26-20(27)11-10-16-6-4-7-17(23)14-16/h4-11,14-15,25H,12-13H2,1-3H3,(H,24,28)(H,26,27). The first-order valence-electron chi connectivity index (χ1n) is 9.76. The van der Waals surface area contributed by atoms with Gasteiger partial charge in [0.15, 0.2) is 0 Å². The molecule has 2 amide bonds. The Morgan fingerprint density at radius 2 is 1.78 bits per heavy atom. The zero-order valence-electron chi connectivity index (χ0n) is 18.0. The average Bonchev–Trinajstić information content (AvgIpc) is 2.69. The average molecular weight is 480 g/mol. The Bertz CT molecular complexity index is 1090. The third-order valence-corrected chi connectivity index (χ3v) is 5.47. The molecule has 2 aromatic carbocycles. The maximum Gasteiger partial charge on any atom is 0.407 e. The van der Waals surface area contributed by atoms with Crippen LogP contribution < -0.4 is 15.4 Å². The van der Waals surface area contributed by atoms with Gasteiger partial charge >= 0.3 is 6.09 Å². The van der Waals surface area contributed by atoms with E-state index in [4.69, 9.17) is 16.3 Å². The fourth-order valence-electron chi connectivity index (χ4n) is 2.45. The van der Waals surface area contributed by atoms with Crippen molar-refractivity contribution in [3.05, 3.63) is 65.2 Å². The molecule has 172 valence electrons. The first-order chi connectivity index (χ1) is 14.9. The van der Waals surface area contributed by atoms with Crippen LogP contribution in [0.25, 0.3) is 6.08 Å². The Morgan fingerprint density at radius 3 is 2.47 bits per heavy atom. The summed E-state index contributed by atoms with van der Waals surface area (Å²) in [5.41, 5.74) is 0.436. The second-order valence-electron chi connectivity index (χ2n) is 7.73. The van der Waals surface area contributed by atoms with Gasteiger partial charge in [0.2, 0.25) is 15.9 Å². The van der Waals surface area contributed by atoms with Crippen LogP contribution in [-0.4, -0.2) is 39.1 Å². The van der Waals surface area contributed by atoms with Crippen molar-refractivity contribution in [2.45, 2.75) is 31.3 Å². The van der Waals surface area contributed by atoms with Crippen molar-refractivity contribution in [3.63, 3.8) is 0 Å². The van der Waals surface area contributed by atoms with E-state index >= 15 is 0 Å². The molecule has 0 aliphatic rings. The maximum absolute atomic E-state index is 12.5. The van der Waals surface area contributed by atoms with E-state index in [9.17, 15) is 18.0 Å². The lowest BCUT2D eigenvalue weighted by Crippen LogP contribution is -2.37. The fourth-order valence-corrected chi connectivity index (χ4v) is 3.73. The van der Waals surface area contributed by atoms with Gasteiger partial charge in [0.05, 0.1) is 4.90 Å². The number of nitrogens with one attached hydrogen (secondary N) is 3. The van der Waals surface area contributed by atoms with Crippen LogP contribution in [0.5, 0.6) is 0 Å². The number of carbonyl (C=O) groups excluding carboxylic acids is 2. The molecule has 0 fully saturated rings. The fraction of sp³-hybridized carbons (Fsp3) is 0.273. The minimum Gasteiger partial charge on any atom is -0.444 e. The molecule has 2 rings (SSSR count). The molecule has 0 saturated carbocycles. The van der Waals surface area contributed by atoms with Crippen LogP contribution >= 0.6 is 11.6 Å². The van der Waals surface area contributed by atoms with Gasteiger partial charge in [0.1, 0.15) is 5.60 Å². The van der Waals surface area contributed by atoms with Gasteiger partial charge in [-0.2, -0.15) is 0 Å². The van der Waals surface area contributed by atoms with Crippen LogP contribution in [0.4, 0.5) is 10.5 Å². The van der Waals surface area contributed by atoms with Gasteiger partial charge in [-0.05, 0) is 62.7 Å². The molecule has 0 spiro atoms. The van der Waals surface area contributed by atoms with Gasteiger partial charge in [-0.15, -0.1) is 0 Å². The molecule has 32 heavy (non-hydrogen) atoms. The van der Waals surface area contributed by atoms with Crippen molar-refractivity contribution in [2.24, 2.45) is 0 Å². The number of hydrogen-bond donors (Lipinski definition) is 3. The summed E-state index contributed by atoms with van der Waals surface area (Å²) in [6.45, 7) is 5.22. The van der Waals surface area contributed by atoms with E-state index in [2.05, 4.69) is 15.4 Å². The maximum atomic E-state index is 12.5. The van der Waals surface area contributed by atoms with Gasteiger partial charge < -0.3 is 15.4 Å². The predicted octanol–water partition coefficient (Wildman–Crippen LogP) is 3.79. The molecule has 0 atom stereocenters. The van der Waals surface area contributed by atoms with Gasteiger partial charge in [0.25, 0.3) is 0 Å². The molecular formula is C22H26ClN3O5S. The lowest BCUT2D eigenvalue weighted by atomic mass is 10.2. The molecule has 0 aromatic heterocycles. The third-order valence-electron chi connectivity index (χ3n) is 3.77. The number of carbonyl (C=O) groups is 2. The minimum atomic E-state index is -3.84. The molecular weight excluding hydrogens is 454 g/mol. The normalized spacial score (nSPS) is 11.9. The first kappa shape index (κ1) is 25.4. The van der Waals surface area contributed by atoms with Crippen molar-refractivity contribution in [1.29, 1.82) is 0 Å². The van der Waals surface area contributed by atoms with E-state index in [0.717, 1.165) is 5.56 Å². The summed E-state index contributed by atoms with van der Waals surface area (Å²) in [6.07, 6.45) is 2.29. The Morgan fingerprint density at radius 1 is 1.06 bits per heavy atom. The van der Waals surface area contributed by atoms with Crippen LogP contribution in [0, 0.1) is 0 Å². The second kappa shape index (κ2) is 11.1. The van der Waals surface area contributed by atoms with Gasteiger partial charge in [-0.3, -0.25) is 4.79 Å². The Balaban J connectivity index is 1.91. The number of sulfonamides is 1. The molecule has 0 aliphatic heterocycles. The van der Waals surface area contributed by atoms with E-state index in [1.54, 1.807) is 57.2 Å². The number of hydrogen-bond acceptors (Lipinski definition) is 5. The molecule has 2 aromatic rings. The summed E-state index contributed by atoms with van der Waals surface area (Å²) in [4.78, 5) is 23.7. The smallest absolute Gasteiger partial charge is 0.407 e. The summed E-state index contributed by atoms with van der Waals surface area (Å²) in [5, 5.41) is 5.64. The lowest BCUT2D eigenvalue weighted by Gasteiger charge is -2.19. The van der Waals surface area contributed by atoms with E-state index in [1.165, 1.54) is 24.3 Å². The largest absolute Gasteiger partial charge is 0.444 e. The summed E-state index contributed by atoms with van der Waals surface area (Å²) in [5.74, 6) is -0.422. The molecule has 8 nitrogen and oxygen atoms in total.